The molecule has 1 aromatic carbocycles. The summed E-state index contributed by atoms with van der Waals surface area (Å²) in [6.07, 6.45) is 0. The molecule has 15 heavy (non-hydrogen) atoms. The molecular weight excluding hydrogens is 238 g/mol. The average Bonchev–Trinajstić information content (AvgIpc) is 2.18. The van der Waals surface area contributed by atoms with Gasteiger partial charge in [0, 0.05) is 18.7 Å². The number of hydrogen-bond acceptors (Lipinski definition) is 3. The molecule has 0 amide bonds. The van der Waals surface area contributed by atoms with E-state index in [1.807, 2.05) is 0 Å². The van der Waals surface area contributed by atoms with Crippen LogP contribution < -0.4 is 4.72 Å². The Morgan fingerprint density at radius 2 is 2.20 bits per heavy atom. The number of rotatable bonds is 5. The summed E-state index contributed by atoms with van der Waals surface area (Å²) in [4.78, 5) is 0.158. The highest BCUT2D eigenvalue weighted by molar-refractivity contribution is 7.89. The van der Waals surface area contributed by atoms with Gasteiger partial charge in [-0.1, -0.05) is 17.7 Å². The first-order valence-corrected chi connectivity index (χ1v) is 6.16. The number of ether oxygens (including phenoxy) is 1. The monoisotopic (exact) mass is 249 g/mol. The second-order valence-electron chi connectivity index (χ2n) is 2.85. The summed E-state index contributed by atoms with van der Waals surface area (Å²) >= 11 is 5.70. The molecule has 0 atom stereocenters. The molecule has 1 rings (SSSR count). The van der Waals surface area contributed by atoms with Gasteiger partial charge in [0.1, 0.15) is 0 Å². The quantitative estimate of drug-likeness (QED) is 0.800. The van der Waals surface area contributed by atoms with E-state index in [0.717, 1.165) is 0 Å². The van der Waals surface area contributed by atoms with E-state index >= 15 is 0 Å². The number of benzene rings is 1. The lowest BCUT2D eigenvalue weighted by molar-refractivity contribution is 0.204. The van der Waals surface area contributed by atoms with Crippen LogP contribution in [0.1, 0.15) is 0 Å². The molecule has 0 aliphatic rings. The highest BCUT2D eigenvalue weighted by atomic mass is 35.5. The van der Waals surface area contributed by atoms with Gasteiger partial charge in [-0.2, -0.15) is 0 Å². The third kappa shape index (κ3) is 3.79. The number of nitrogens with one attached hydrogen (secondary N) is 1. The SMILES string of the molecule is COCCNS(=O)(=O)c1cccc(Cl)c1. The van der Waals surface area contributed by atoms with Gasteiger partial charge < -0.3 is 4.74 Å². The highest BCUT2D eigenvalue weighted by Gasteiger charge is 2.12. The Kier molecular flexibility index (Phi) is 4.53. The van der Waals surface area contributed by atoms with E-state index in [4.69, 9.17) is 16.3 Å². The minimum absolute atomic E-state index is 0.158. The van der Waals surface area contributed by atoms with Crippen molar-refractivity contribution in [3.05, 3.63) is 29.3 Å². The molecule has 0 aromatic heterocycles. The molecule has 1 aromatic rings. The van der Waals surface area contributed by atoms with Crippen LogP contribution in [0.5, 0.6) is 0 Å². The first-order chi connectivity index (χ1) is 7.06. The van der Waals surface area contributed by atoms with Crippen molar-refractivity contribution in [1.29, 1.82) is 0 Å². The van der Waals surface area contributed by atoms with Crippen molar-refractivity contribution >= 4 is 21.6 Å². The summed E-state index contributed by atoms with van der Waals surface area (Å²) in [7, 11) is -1.96. The molecule has 1 N–H and O–H groups in total. The van der Waals surface area contributed by atoms with Crippen LogP contribution in [0.15, 0.2) is 29.2 Å². The van der Waals surface area contributed by atoms with Crippen molar-refractivity contribution in [3.8, 4) is 0 Å². The molecule has 0 spiro atoms. The fourth-order valence-electron chi connectivity index (χ4n) is 0.996. The molecule has 0 heterocycles. The number of sulfonamides is 1. The second kappa shape index (κ2) is 5.46. The molecule has 0 unspecified atom stereocenters. The molecular formula is C9H12ClNO3S. The zero-order valence-electron chi connectivity index (χ0n) is 8.23. The van der Waals surface area contributed by atoms with E-state index in [1.54, 1.807) is 12.1 Å². The summed E-state index contributed by atoms with van der Waals surface area (Å²) in [6, 6.07) is 6.10. The van der Waals surface area contributed by atoms with Crippen LogP contribution in [0.4, 0.5) is 0 Å². The molecule has 4 nitrogen and oxygen atoms in total. The van der Waals surface area contributed by atoms with E-state index < -0.39 is 10.0 Å². The zero-order chi connectivity index (χ0) is 11.3. The third-order valence-electron chi connectivity index (χ3n) is 1.70. The molecule has 0 saturated heterocycles. The molecule has 0 fully saturated rings. The number of hydrogen-bond donors (Lipinski definition) is 1. The fraction of sp³-hybridized carbons (Fsp3) is 0.333. The Morgan fingerprint density at radius 3 is 2.80 bits per heavy atom. The van der Waals surface area contributed by atoms with E-state index in [1.165, 1.54) is 19.2 Å². The van der Waals surface area contributed by atoms with Crippen LogP contribution in [-0.2, 0) is 14.8 Å². The molecule has 0 saturated carbocycles. The van der Waals surface area contributed by atoms with Crippen molar-refractivity contribution in [2.24, 2.45) is 0 Å². The van der Waals surface area contributed by atoms with Crippen LogP contribution in [0.3, 0.4) is 0 Å². The maximum Gasteiger partial charge on any atom is 0.240 e. The zero-order valence-corrected chi connectivity index (χ0v) is 9.81. The van der Waals surface area contributed by atoms with Gasteiger partial charge in [0.2, 0.25) is 10.0 Å². The molecule has 0 aliphatic carbocycles. The highest BCUT2D eigenvalue weighted by Crippen LogP contribution is 2.14. The van der Waals surface area contributed by atoms with Crippen molar-refractivity contribution in [2.75, 3.05) is 20.3 Å². The third-order valence-corrected chi connectivity index (χ3v) is 3.40. The van der Waals surface area contributed by atoms with Crippen molar-refractivity contribution in [3.63, 3.8) is 0 Å². The summed E-state index contributed by atoms with van der Waals surface area (Å²) in [5.74, 6) is 0. The van der Waals surface area contributed by atoms with E-state index in [0.29, 0.717) is 11.6 Å². The van der Waals surface area contributed by atoms with E-state index in [-0.39, 0.29) is 11.4 Å². The Labute approximate surface area is 94.3 Å². The van der Waals surface area contributed by atoms with Crippen molar-refractivity contribution in [1.82, 2.24) is 4.72 Å². The minimum atomic E-state index is -3.47. The fourth-order valence-corrected chi connectivity index (χ4v) is 2.31. The van der Waals surface area contributed by atoms with Gasteiger partial charge in [-0.15, -0.1) is 0 Å². The Morgan fingerprint density at radius 1 is 1.47 bits per heavy atom. The summed E-state index contributed by atoms with van der Waals surface area (Å²) in [6.45, 7) is 0.575. The van der Waals surface area contributed by atoms with Crippen LogP contribution in [0.2, 0.25) is 5.02 Å². The van der Waals surface area contributed by atoms with Gasteiger partial charge in [0.05, 0.1) is 11.5 Å². The minimum Gasteiger partial charge on any atom is -0.383 e. The molecule has 0 radical (unpaired) electrons. The Balaban J connectivity index is 2.77. The maximum atomic E-state index is 11.6. The Bertz CT molecular complexity index is 419. The topological polar surface area (TPSA) is 55.4 Å². The first-order valence-electron chi connectivity index (χ1n) is 4.30. The van der Waals surface area contributed by atoms with E-state index in [2.05, 4.69) is 4.72 Å². The van der Waals surface area contributed by atoms with Crippen LogP contribution in [-0.4, -0.2) is 28.7 Å². The summed E-state index contributed by atoms with van der Waals surface area (Å²) < 4.78 is 30.4. The molecule has 0 aliphatic heterocycles. The lowest BCUT2D eigenvalue weighted by Crippen LogP contribution is -2.27. The molecule has 84 valence electrons. The first kappa shape index (κ1) is 12.4. The lowest BCUT2D eigenvalue weighted by atomic mass is 10.4. The normalized spacial score (nSPS) is 11.6. The number of methoxy groups -OCH3 is 1. The molecule has 0 bridgehead atoms. The maximum absolute atomic E-state index is 11.6. The van der Waals surface area contributed by atoms with Crippen LogP contribution in [0.25, 0.3) is 0 Å². The van der Waals surface area contributed by atoms with Gasteiger partial charge in [-0.05, 0) is 18.2 Å². The predicted molar refractivity (Wildman–Crippen MR) is 58.5 cm³/mol. The van der Waals surface area contributed by atoms with Gasteiger partial charge in [-0.3, -0.25) is 0 Å². The average molecular weight is 250 g/mol. The lowest BCUT2D eigenvalue weighted by Gasteiger charge is -2.06. The van der Waals surface area contributed by atoms with Crippen LogP contribution >= 0.6 is 11.6 Å². The van der Waals surface area contributed by atoms with Gasteiger partial charge >= 0.3 is 0 Å². The van der Waals surface area contributed by atoms with Gasteiger partial charge in [0.15, 0.2) is 0 Å². The Hall–Kier alpha value is -0.620. The largest absolute Gasteiger partial charge is 0.383 e. The predicted octanol–water partition coefficient (Wildman–Crippen LogP) is 1.26. The van der Waals surface area contributed by atoms with Gasteiger partial charge in [-0.25, -0.2) is 13.1 Å². The van der Waals surface area contributed by atoms with Crippen molar-refractivity contribution < 1.29 is 13.2 Å². The standard InChI is InChI=1S/C9H12ClNO3S/c1-14-6-5-11-15(12,13)9-4-2-3-8(10)7-9/h2-4,7,11H,5-6H2,1H3. The smallest absolute Gasteiger partial charge is 0.240 e. The van der Waals surface area contributed by atoms with Gasteiger partial charge in [0.25, 0.3) is 0 Å². The number of halogens is 1. The van der Waals surface area contributed by atoms with Crippen LogP contribution in [0, 0.1) is 0 Å². The van der Waals surface area contributed by atoms with Crippen molar-refractivity contribution in [2.45, 2.75) is 4.90 Å². The summed E-state index contributed by atoms with van der Waals surface area (Å²) in [5.41, 5.74) is 0. The van der Waals surface area contributed by atoms with E-state index in [9.17, 15) is 8.42 Å². The summed E-state index contributed by atoms with van der Waals surface area (Å²) in [5, 5.41) is 0.393. The molecule has 6 heteroatoms. The second-order valence-corrected chi connectivity index (χ2v) is 5.05.